The Labute approximate surface area is 68.0 Å². The van der Waals surface area contributed by atoms with Crippen LogP contribution in [0.25, 0.3) is 0 Å². The fourth-order valence-electron chi connectivity index (χ4n) is 0.858. The van der Waals surface area contributed by atoms with Crippen LogP contribution in [0.3, 0.4) is 0 Å². The van der Waals surface area contributed by atoms with Gasteiger partial charge in [-0.05, 0) is 6.92 Å². The molecule has 0 N–H and O–H groups in total. The minimum atomic E-state index is -1.26. The predicted molar refractivity (Wildman–Crippen MR) is 39.0 cm³/mol. The highest BCUT2D eigenvalue weighted by molar-refractivity contribution is 5.41. The van der Waals surface area contributed by atoms with E-state index in [1.807, 2.05) is 5.92 Å². The molecule has 62 valence electrons. The first-order valence-electron chi connectivity index (χ1n) is 3.18. The molecule has 0 aliphatic heterocycles. The van der Waals surface area contributed by atoms with E-state index in [0.717, 1.165) is 0 Å². The van der Waals surface area contributed by atoms with Gasteiger partial charge in [0.2, 0.25) is 0 Å². The summed E-state index contributed by atoms with van der Waals surface area (Å²) in [6.07, 6.45) is 4.87. The summed E-state index contributed by atoms with van der Waals surface area (Å²) in [7, 11) is 0. The first-order valence-corrected chi connectivity index (χ1v) is 3.18. The smallest absolute Gasteiger partial charge is 0.174 e. The number of halogens is 3. The summed E-state index contributed by atoms with van der Waals surface area (Å²) >= 11 is 0. The van der Waals surface area contributed by atoms with E-state index < -0.39 is 17.5 Å². The highest BCUT2D eigenvalue weighted by Gasteiger charge is 2.13. The normalized spacial score (nSPS) is 9.58. The van der Waals surface area contributed by atoms with E-state index in [1.54, 1.807) is 0 Å². The molecular formula is C9H5F3. The minimum Gasteiger partial charge on any atom is -0.207 e. The Hall–Kier alpha value is -1.43. The molecule has 0 aliphatic carbocycles. The van der Waals surface area contributed by atoms with Gasteiger partial charge in [-0.1, -0.05) is 5.92 Å². The van der Waals surface area contributed by atoms with Gasteiger partial charge in [0.1, 0.15) is 5.82 Å². The lowest BCUT2D eigenvalue weighted by atomic mass is 10.1. The second-order valence-electron chi connectivity index (χ2n) is 2.30. The summed E-state index contributed by atoms with van der Waals surface area (Å²) < 4.78 is 38.0. The van der Waals surface area contributed by atoms with Crippen LogP contribution in [0, 0.1) is 36.7 Å². The summed E-state index contributed by atoms with van der Waals surface area (Å²) in [6.45, 7) is 1.30. The van der Waals surface area contributed by atoms with E-state index in [-0.39, 0.29) is 11.1 Å². The summed E-state index contributed by atoms with van der Waals surface area (Å²) in [5, 5.41) is 0. The first kappa shape index (κ1) is 8.66. The van der Waals surface area contributed by atoms with Crippen molar-refractivity contribution in [1.29, 1.82) is 0 Å². The van der Waals surface area contributed by atoms with Crippen LogP contribution in [-0.2, 0) is 0 Å². The molecule has 0 aliphatic rings. The molecule has 0 aromatic heterocycles. The summed E-state index contributed by atoms with van der Waals surface area (Å²) in [5.41, 5.74) is -0.399. The van der Waals surface area contributed by atoms with Crippen molar-refractivity contribution in [2.75, 3.05) is 0 Å². The third-order valence-electron chi connectivity index (χ3n) is 1.56. The van der Waals surface area contributed by atoms with Gasteiger partial charge in [-0.15, -0.1) is 6.42 Å². The molecule has 1 rings (SSSR count). The molecule has 1 aromatic rings. The van der Waals surface area contributed by atoms with Crippen LogP contribution in [-0.4, -0.2) is 0 Å². The summed E-state index contributed by atoms with van der Waals surface area (Å²) in [5.74, 6) is -1.37. The molecule has 0 radical (unpaired) electrons. The van der Waals surface area contributed by atoms with Crippen molar-refractivity contribution in [3.05, 3.63) is 34.6 Å². The van der Waals surface area contributed by atoms with Crippen molar-refractivity contribution in [2.45, 2.75) is 6.92 Å². The van der Waals surface area contributed by atoms with Gasteiger partial charge < -0.3 is 0 Å². The largest absolute Gasteiger partial charge is 0.207 e. The zero-order valence-electron chi connectivity index (χ0n) is 6.29. The molecule has 0 bridgehead atoms. The molecule has 0 nitrogen and oxygen atoms in total. The maximum atomic E-state index is 12.8. The molecule has 3 heteroatoms. The number of hydrogen-bond acceptors (Lipinski definition) is 0. The third-order valence-corrected chi connectivity index (χ3v) is 1.56. The summed E-state index contributed by atoms with van der Waals surface area (Å²) in [4.78, 5) is 0. The monoisotopic (exact) mass is 170 g/mol. The maximum Gasteiger partial charge on any atom is 0.174 e. The molecule has 0 amide bonds. The van der Waals surface area contributed by atoms with Gasteiger partial charge in [0, 0.05) is 11.6 Å². The fraction of sp³-hybridized carbons (Fsp3) is 0.111. The van der Waals surface area contributed by atoms with E-state index in [4.69, 9.17) is 6.42 Å². The Balaban J connectivity index is 3.56. The van der Waals surface area contributed by atoms with Gasteiger partial charge >= 0.3 is 0 Å². The Morgan fingerprint density at radius 3 is 2.33 bits per heavy atom. The second kappa shape index (κ2) is 2.90. The Bertz CT molecular complexity index is 335. The molecule has 0 saturated heterocycles. The van der Waals surface area contributed by atoms with Crippen LogP contribution in [0.4, 0.5) is 13.2 Å². The lowest BCUT2D eigenvalue weighted by molar-refractivity contribution is 0.490. The van der Waals surface area contributed by atoms with E-state index in [0.29, 0.717) is 6.07 Å². The van der Waals surface area contributed by atoms with E-state index in [1.165, 1.54) is 6.92 Å². The van der Waals surface area contributed by atoms with Crippen molar-refractivity contribution < 1.29 is 13.2 Å². The van der Waals surface area contributed by atoms with Crippen molar-refractivity contribution in [1.82, 2.24) is 0 Å². The molecular weight excluding hydrogens is 165 g/mol. The average molecular weight is 170 g/mol. The van der Waals surface area contributed by atoms with E-state index in [9.17, 15) is 13.2 Å². The van der Waals surface area contributed by atoms with Gasteiger partial charge in [0.05, 0.1) is 5.56 Å². The highest BCUT2D eigenvalue weighted by atomic mass is 19.2. The molecule has 0 atom stereocenters. The Morgan fingerprint density at radius 2 is 1.83 bits per heavy atom. The third kappa shape index (κ3) is 1.16. The van der Waals surface area contributed by atoms with Gasteiger partial charge in [0.25, 0.3) is 0 Å². The van der Waals surface area contributed by atoms with Crippen LogP contribution >= 0.6 is 0 Å². The molecule has 0 saturated carbocycles. The lowest BCUT2D eigenvalue weighted by Crippen LogP contribution is -1.97. The minimum absolute atomic E-state index is 0.0450. The zero-order valence-corrected chi connectivity index (χ0v) is 6.29. The highest BCUT2D eigenvalue weighted by Crippen LogP contribution is 2.18. The van der Waals surface area contributed by atoms with E-state index >= 15 is 0 Å². The van der Waals surface area contributed by atoms with Crippen molar-refractivity contribution in [3.63, 3.8) is 0 Å². The number of benzene rings is 1. The van der Waals surface area contributed by atoms with Gasteiger partial charge in [-0.3, -0.25) is 0 Å². The lowest BCUT2D eigenvalue weighted by Gasteiger charge is -2.02. The Kier molecular flexibility index (Phi) is 2.09. The van der Waals surface area contributed by atoms with Crippen LogP contribution in [0.2, 0.25) is 0 Å². The molecule has 0 unspecified atom stereocenters. The van der Waals surface area contributed by atoms with Gasteiger partial charge in [-0.25, -0.2) is 13.2 Å². The Morgan fingerprint density at radius 1 is 1.25 bits per heavy atom. The van der Waals surface area contributed by atoms with Crippen LogP contribution in [0.15, 0.2) is 6.07 Å². The molecule has 1 aromatic carbocycles. The first-order chi connectivity index (χ1) is 5.57. The van der Waals surface area contributed by atoms with Gasteiger partial charge in [-0.2, -0.15) is 0 Å². The standard InChI is InChI=1S/C9H5F3/c1-3-6-5(2)7(10)4-8(11)9(6)12/h1,4H,2H3. The topological polar surface area (TPSA) is 0 Å². The summed E-state index contributed by atoms with van der Waals surface area (Å²) in [6, 6.07) is 0.478. The number of terminal acetylenes is 1. The van der Waals surface area contributed by atoms with Gasteiger partial charge in [0.15, 0.2) is 11.6 Å². The van der Waals surface area contributed by atoms with Crippen LogP contribution in [0.5, 0.6) is 0 Å². The van der Waals surface area contributed by atoms with Crippen molar-refractivity contribution in [2.24, 2.45) is 0 Å². The fourth-order valence-corrected chi connectivity index (χ4v) is 0.858. The average Bonchev–Trinajstić information content (AvgIpc) is 2.02. The quantitative estimate of drug-likeness (QED) is 0.414. The number of hydrogen-bond donors (Lipinski definition) is 0. The molecule has 0 spiro atoms. The SMILES string of the molecule is C#Cc1c(C)c(F)cc(F)c1F. The number of rotatable bonds is 0. The predicted octanol–water partition coefficient (Wildman–Crippen LogP) is 2.39. The molecule has 12 heavy (non-hydrogen) atoms. The van der Waals surface area contributed by atoms with Crippen molar-refractivity contribution in [3.8, 4) is 12.3 Å². The molecule has 0 heterocycles. The molecule has 0 fully saturated rings. The maximum absolute atomic E-state index is 12.8. The van der Waals surface area contributed by atoms with E-state index in [2.05, 4.69) is 0 Å². The zero-order chi connectivity index (χ0) is 9.30. The van der Waals surface area contributed by atoms with Crippen LogP contribution < -0.4 is 0 Å². The second-order valence-corrected chi connectivity index (χ2v) is 2.30. The van der Waals surface area contributed by atoms with Crippen molar-refractivity contribution >= 4 is 0 Å². The van der Waals surface area contributed by atoms with Crippen LogP contribution in [0.1, 0.15) is 11.1 Å².